The van der Waals surface area contributed by atoms with Crippen molar-refractivity contribution in [3.05, 3.63) is 30.1 Å². The lowest BCUT2D eigenvalue weighted by atomic mass is 9.91. The third kappa shape index (κ3) is 6.24. The molecule has 0 unspecified atom stereocenters. The maximum absolute atomic E-state index is 4.26. The molecule has 0 aromatic carbocycles. The van der Waals surface area contributed by atoms with Crippen molar-refractivity contribution in [2.75, 3.05) is 6.54 Å². The first-order valence-corrected chi connectivity index (χ1v) is 5.68. The molecule has 1 aromatic rings. The summed E-state index contributed by atoms with van der Waals surface area (Å²) in [6.07, 6.45) is 4.34. The zero-order valence-corrected chi connectivity index (χ0v) is 10.1. The Labute approximate surface area is 93.1 Å². The van der Waals surface area contributed by atoms with Crippen LogP contribution in [0.2, 0.25) is 0 Å². The van der Waals surface area contributed by atoms with Crippen molar-refractivity contribution in [1.82, 2.24) is 10.3 Å². The van der Waals surface area contributed by atoms with Crippen LogP contribution in [0.25, 0.3) is 0 Å². The summed E-state index contributed by atoms with van der Waals surface area (Å²) in [6, 6.07) is 6.03. The van der Waals surface area contributed by atoms with Gasteiger partial charge < -0.3 is 5.32 Å². The van der Waals surface area contributed by atoms with Crippen LogP contribution in [0.5, 0.6) is 0 Å². The standard InChI is InChI=1S/C13H22N2/c1-13(2,3)8-6-9-14-11-12-7-4-5-10-15-12/h4-5,7,10,14H,6,8-9,11H2,1-3H3. The summed E-state index contributed by atoms with van der Waals surface area (Å²) < 4.78 is 0. The van der Waals surface area contributed by atoms with Crippen LogP contribution >= 0.6 is 0 Å². The molecule has 2 heteroatoms. The molecule has 1 N–H and O–H groups in total. The monoisotopic (exact) mass is 206 g/mol. The van der Waals surface area contributed by atoms with Crippen LogP contribution in [0.15, 0.2) is 24.4 Å². The van der Waals surface area contributed by atoms with Gasteiger partial charge in [-0.25, -0.2) is 0 Å². The average Bonchev–Trinajstić information content (AvgIpc) is 2.17. The highest BCUT2D eigenvalue weighted by Crippen LogP contribution is 2.19. The second-order valence-electron chi connectivity index (χ2n) is 5.16. The van der Waals surface area contributed by atoms with Crippen LogP contribution in [0, 0.1) is 5.41 Å². The summed E-state index contributed by atoms with van der Waals surface area (Å²) in [5.41, 5.74) is 1.57. The van der Waals surface area contributed by atoms with Gasteiger partial charge in [-0.15, -0.1) is 0 Å². The van der Waals surface area contributed by atoms with Crippen molar-refractivity contribution >= 4 is 0 Å². The lowest BCUT2D eigenvalue weighted by molar-refractivity contribution is 0.361. The van der Waals surface area contributed by atoms with Crippen LogP contribution in [-0.2, 0) is 6.54 Å². The minimum absolute atomic E-state index is 0.451. The average molecular weight is 206 g/mol. The van der Waals surface area contributed by atoms with Gasteiger partial charge in [-0.1, -0.05) is 26.8 Å². The summed E-state index contributed by atoms with van der Waals surface area (Å²) in [5.74, 6) is 0. The van der Waals surface area contributed by atoms with Crippen LogP contribution < -0.4 is 5.32 Å². The molecule has 0 saturated carbocycles. The number of nitrogens with zero attached hydrogens (tertiary/aromatic N) is 1. The molecule has 15 heavy (non-hydrogen) atoms. The molecule has 1 rings (SSSR count). The Morgan fingerprint density at radius 3 is 2.67 bits per heavy atom. The Kier molecular flexibility index (Phi) is 4.76. The van der Waals surface area contributed by atoms with Gasteiger partial charge in [0, 0.05) is 12.7 Å². The van der Waals surface area contributed by atoms with E-state index in [0.717, 1.165) is 18.8 Å². The first-order chi connectivity index (χ1) is 7.08. The minimum Gasteiger partial charge on any atom is -0.311 e. The fourth-order valence-electron chi connectivity index (χ4n) is 1.46. The number of pyridine rings is 1. The van der Waals surface area contributed by atoms with E-state index in [1.807, 2.05) is 18.3 Å². The van der Waals surface area contributed by atoms with Crippen LogP contribution in [-0.4, -0.2) is 11.5 Å². The van der Waals surface area contributed by atoms with Gasteiger partial charge in [0.15, 0.2) is 0 Å². The van der Waals surface area contributed by atoms with Gasteiger partial charge in [0.2, 0.25) is 0 Å². The van der Waals surface area contributed by atoms with Crippen LogP contribution in [0.4, 0.5) is 0 Å². The Balaban J connectivity index is 2.08. The largest absolute Gasteiger partial charge is 0.311 e. The molecule has 0 radical (unpaired) electrons. The van der Waals surface area contributed by atoms with Gasteiger partial charge in [-0.3, -0.25) is 4.98 Å². The topological polar surface area (TPSA) is 24.9 Å². The van der Waals surface area contributed by atoms with Gasteiger partial charge in [0.05, 0.1) is 5.69 Å². The number of aromatic nitrogens is 1. The van der Waals surface area contributed by atoms with Gasteiger partial charge in [-0.2, -0.15) is 0 Å². The normalized spacial score (nSPS) is 11.7. The lowest BCUT2D eigenvalue weighted by Crippen LogP contribution is -2.17. The molecule has 0 atom stereocenters. The Morgan fingerprint density at radius 1 is 1.27 bits per heavy atom. The Bertz CT molecular complexity index is 262. The summed E-state index contributed by atoms with van der Waals surface area (Å²) in [4.78, 5) is 4.26. The van der Waals surface area contributed by atoms with Crippen molar-refractivity contribution in [2.24, 2.45) is 5.41 Å². The Hall–Kier alpha value is -0.890. The third-order valence-electron chi connectivity index (χ3n) is 2.31. The molecule has 0 aliphatic rings. The minimum atomic E-state index is 0.451. The molecular formula is C13H22N2. The molecule has 1 heterocycles. The van der Waals surface area contributed by atoms with Crippen LogP contribution in [0.3, 0.4) is 0 Å². The maximum Gasteiger partial charge on any atom is 0.0541 e. The van der Waals surface area contributed by atoms with E-state index in [0.29, 0.717) is 5.41 Å². The predicted molar refractivity (Wildman–Crippen MR) is 64.6 cm³/mol. The molecule has 1 aromatic heterocycles. The number of hydrogen-bond donors (Lipinski definition) is 1. The number of rotatable bonds is 5. The number of hydrogen-bond acceptors (Lipinski definition) is 2. The van der Waals surface area contributed by atoms with Crippen molar-refractivity contribution in [3.63, 3.8) is 0 Å². The van der Waals surface area contributed by atoms with E-state index in [1.54, 1.807) is 0 Å². The Morgan fingerprint density at radius 2 is 2.07 bits per heavy atom. The molecule has 0 spiro atoms. The fraction of sp³-hybridized carbons (Fsp3) is 0.615. The molecule has 0 aliphatic heterocycles. The highest BCUT2D eigenvalue weighted by atomic mass is 14.9. The van der Waals surface area contributed by atoms with E-state index in [2.05, 4.69) is 37.1 Å². The SMILES string of the molecule is CC(C)(C)CCCNCc1ccccn1. The van der Waals surface area contributed by atoms with Crippen LogP contribution in [0.1, 0.15) is 39.3 Å². The number of nitrogens with one attached hydrogen (secondary N) is 1. The summed E-state index contributed by atoms with van der Waals surface area (Å²) >= 11 is 0. The molecule has 0 saturated heterocycles. The van der Waals surface area contributed by atoms with Gasteiger partial charge >= 0.3 is 0 Å². The zero-order chi connectivity index (χ0) is 11.1. The molecular weight excluding hydrogens is 184 g/mol. The predicted octanol–water partition coefficient (Wildman–Crippen LogP) is 3.00. The molecule has 0 fully saturated rings. The molecule has 0 bridgehead atoms. The molecule has 2 nitrogen and oxygen atoms in total. The highest BCUT2D eigenvalue weighted by Gasteiger charge is 2.08. The van der Waals surface area contributed by atoms with E-state index >= 15 is 0 Å². The second kappa shape index (κ2) is 5.86. The molecule has 84 valence electrons. The maximum atomic E-state index is 4.26. The van der Waals surface area contributed by atoms with E-state index in [9.17, 15) is 0 Å². The quantitative estimate of drug-likeness (QED) is 0.749. The van der Waals surface area contributed by atoms with Crippen molar-refractivity contribution in [1.29, 1.82) is 0 Å². The van der Waals surface area contributed by atoms with Gasteiger partial charge in [0.1, 0.15) is 0 Å². The smallest absolute Gasteiger partial charge is 0.0541 e. The van der Waals surface area contributed by atoms with Gasteiger partial charge in [-0.05, 0) is 36.9 Å². The zero-order valence-electron chi connectivity index (χ0n) is 10.1. The summed E-state index contributed by atoms with van der Waals surface area (Å²) in [6.45, 7) is 8.81. The van der Waals surface area contributed by atoms with Crippen molar-refractivity contribution < 1.29 is 0 Å². The molecule has 0 aliphatic carbocycles. The highest BCUT2D eigenvalue weighted by molar-refractivity contribution is 5.02. The lowest BCUT2D eigenvalue weighted by Gasteiger charge is -2.17. The van der Waals surface area contributed by atoms with Crippen molar-refractivity contribution in [2.45, 2.75) is 40.2 Å². The van der Waals surface area contributed by atoms with E-state index in [-0.39, 0.29) is 0 Å². The van der Waals surface area contributed by atoms with Gasteiger partial charge in [0.25, 0.3) is 0 Å². The van der Waals surface area contributed by atoms with Crippen molar-refractivity contribution in [3.8, 4) is 0 Å². The van der Waals surface area contributed by atoms with E-state index in [4.69, 9.17) is 0 Å². The summed E-state index contributed by atoms with van der Waals surface area (Å²) in [7, 11) is 0. The van der Waals surface area contributed by atoms with E-state index < -0.39 is 0 Å². The first-order valence-electron chi connectivity index (χ1n) is 5.68. The van der Waals surface area contributed by atoms with E-state index in [1.165, 1.54) is 12.8 Å². The fourth-order valence-corrected chi connectivity index (χ4v) is 1.46. The second-order valence-corrected chi connectivity index (χ2v) is 5.16. The summed E-state index contributed by atoms with van der Waals surface area (Å²) in [5, 5.41) is 3.41. The first kappa shape index (κ1) is 12.2. The third-order valence-corrected chi connectivity index (χ3v) is 2.31. The molecule has 0 amide bonds.